The van der Waals surface area contributed by atoms with E-state index in [9.17, 15) is 9.59 Å². The molecular formula is C25H31N3O2. The quantitative estimate of drug-likeness (QED) is 0.827. The number of nitrogens with zero attached hydrogens (tertiary/aromatic N) is 2. The molecule has 5 heteroatoms. The fourth-order valence-corrected chi connectivity index (χ4v) is 4.77. The van der Waals surface area contributed by atoms with Crippen LogP contribution in [0.25, 0.3) is 0 Å². The minimum absolute atomic E-state index is 0.0105. The minimum Gasteiger partial charge on any atom is -0.371 e. The molecule has 0 aromatic heterocycles. The lowest BCUT2D eigenvalue weighted by Crippen LogP contribution is -2.72. The van der Waals surface area contributed by atoms with Gasteiger partial charge in [-0.2, -0.15) is 0 Å². The molecule has 2 saturated heterocycles. The van der Waals surface area contributed by atoms with Gasteiger partial charge in [0.05, 0.1) is 0 Å². The van der Waals surface area contributed by atoms with Crippen molar-refractivity contribution in [3.8, 4) is 0 Å². The van der Waals surface area contributed by atoms with Crippen LogP contribution < -0.4 is 10.2 Å². The van der Waals surface area contributed by atoms with Gasteiger partial charge in [-0.25, -0.2) is 0 Å². The van der Waals surface area contributed by atoms with Crippen molar-refractivity contribution in [1.29, 1.82) is 0 Å². The summed E-state index contributed by atoms with van der Waals surface area (Å²) in [7, 11) is 0. The van der Waals surface area contributed by atoms with Gasteiger partial charge in [-0.15, -0.1) is 0 Å². The van der Waals surface area contributed by atoms with Crippen molar-refractivity contribution in [3.63, 3.8) is 0 Å². The average molecular weight is 406 g/mol. The molecule has 5 nitrogen and oxygen atoms in total. The normalized spacial score (nSPS) is 21.2. The third-order valence-corrected chi connectivity index (χ3v) is 6.41. The van der Waals surface area contributed by atoms with Crippen LogP contribution in [0.3, 0.4) is 0 Å². The van der Waals surface area contributed by atoms with Crippen LogP contribution in [-0.4, -0.2) is 41.4 Å². The molecule has 1 N–H and O–H groups in total. The summed E-state index contributed by atoms with van der Waals surface area (Å²) in [6.45, 7) is 6.16. The second kappa shape index (κ2) is 8.50. The van der Waals surface area contributed by atoms with E-state index in [0.717, 1.165) is 18.7 Å². The van der Waals surface area contributed by atoms with Crippen LogP contribution in [0, 0.1) is 5.92 Å². The molecule has 1 atom stereocenters. The van der Waals surface area contributed by atoms with Crippen LogP contribution in [0.4, 0.5) is 5.69 Å². The summed E-state index contributed by atoms with van der Waals surface area (Å²) >= 11 is 0. The number of piperazine rings is 1. The second-order valence-corrected chi connectivity index (χ2v) is 8.92. The molecule has 2 aliphatic rings. The van der Waals surface area contributed by atoms with Crippen LogP contribution in [0.1, 0.15) is 38.7 Å². The van der Waals surface area contributed by atoms with E-state index in [2.05, 4.69) is 36.2 Å². The molecule has 2 aromatic rings. The number of hydrogen-bond donors (Lipinski definition) is 1. The van der Waals surface area contributed by atoms with E-state index in [0.29, 0.717) is 31.7 Å². The first-order chi connectivity index (χ1) is 14.5. The molecule has 0 radical (unpaired) electrons. The van der Waals surface area contributed by atoms with E-state index in [-0.39, 0.29) is 11.8 Å². The highest BCUT2D eigenvalue weighted by Gasteiger charge is 2.53. The maximum Gasteiger partial charge on any atom is 0.246 e. The highest BCUT2D eigenvalue weighted by molar-refractivity contribution is 6.00. The highest BCUT2D eigenvalue weighted by Crippen LogP contribution is 2.36. The number of piperidine rings is 1. The Kier molecular flexibility index (Phi) is 5.80. The van der Waals surface area contributed by atoms with Gasteiger partial charge in [0, 0.05) is 25.3 Å². The zero-order chi connectivity index (χ0) is 21.1. The van der Waals surface area contributed by atoms with Crippen molar-refractivity contribution in [3.05, 3.63) is 66.2 Å². The van der Waals surface area contributed by atoms with Crippen LogP contribution in [0.2, 0.25) is 0 Å². The zero-order valence-electron chi connectivity index (χ0n) is 17.9. The van der Waals surface area contributed by atoms with E-state index in [1.807, 2.05) is 53.4 Å². The Morgan fingerprint density at radius 2 is 1.57 bits per heavy atom. The third kappa shape index (κ3) is 3.93. The number of rotatable bonds is 5. The molecule has 2 aromatic carbocycles. The van der Waals surface area contributed by atoms with Gasteiger partial charge in [0.2, 0.25) is 11.8 Å². The maximum atomic E-state index is 13.5. The average Bonchev–Trinajstić information content (AvgIpc) is 2.77. The molecule has 2 heterocycles. The van der Waals surface area contributed by atoms with Crippen molar-refractivity contribution in [2.45, 2.75) is 51.2 Å². The number of para-hydroxylation sites is 1. The van der Waals surface area contributed by atoms with E-state index in [4.69, 9.17) is 0 Å². The van der Waals surface area contributed by atoms with Gasteiger partial charge in [-0.05, 0) is 42.9 Å². The second-order valence-electron chi connectivity index (χ2n) is 8.92. The lowest BCUT2D eigenvalue weighted by molar-refractivity contribution is -0.160. The summed E-state index contributed by atoms with van der Waals surface area (Å²) in [6, 6.07) is 19.9. The van der Waals surface area contributed by atoms with Crippen LogP contribution >= 0.6 is 0 Å². The van der Waals surface area contributed by atoms with Gasteiger partial charge in [0.1, 0.15) is 11.6 Å². The number of nitrogens with one attached hydrogen (secondary N) is 1. The van der Waals surface area contributed by atoms with Gasteiger partial charge in [0.15, 0.2) is 0 Å². The Balaban J connectivity index is 1.61. The third-order valence-electron chi connectivity index (χ3n) is 6.41. The summed E-state index contributed by atoms with van der Waals surface area (Å²) in [5.74, 6) is 0.406. The lowest BCUT2D eigenvalue weighted by Gasteiger charge is -2.52. The molecule has 2 amide bonds. The van der Waals surface area contributed by atoms with Gasteiger partial charge < -0.3 is 15.1 Å². The van der Waals surface area contributed by atoms with E-state index >= 15 is 0 Å². The minimum atomic E-state index is -0.772. The first-order valence-corrected chi connectivity index (χ1v) is 11.0. The van der Waals surface area contributed by atoms with E-state index in [1.54, 1.807) is 0 Å². The van der Waals surface area contributed by atoms with Crippen molar-refractivity contribution < 1.29 is 9.59 Å². The standard InChI is InChI=1S/C25H31N3O2/c1-19(2)17-22-23(29)28(18-20-9-5-3-6-10-20)25(24(30)26-22)13-15-27(16-14-25)21-11-7-4-8-12-21/h3-12,19,22H,13-18H2,1-2H3,(H,26,30). The SMILES string of the molecule is CC(C)CC1NC(=O)C2(CCN(c3ccccc3)CC2)N(Cc2ccccc2)C1=O. The number of benzene rings is 2. The van der Waals surface area contributed by atoms with Crippen molar-refractivity contribution >= 4 is 17.5 Å². The Morgan fingerprint density at radius 3 is 2.17 bits per heavy atom. The molecule has 0 aliphatic carbocycles. The molecule has 2 fully saturated rings. The summed E-state index contributed by atoms with van der Waals surface area (Å²) < 4.78 is 0. The maximum absolute atomic E-state index is 13.5. The van der Waals surface area contributed by atoms with Crippen LogP contribution in [0.5, 0.6) is 0 Å². The van der Waals surface area contributed by atoms with Crippen LogP contribution in [-0.2, 0) is 16.1 Å². The lowest BCUT2D eigenvalue weighted by atomic mass is 9.80. The molecule has 2 aliphatic heterocycles. The monoisotopic (exact) mass is 405 g/mol. The van der Waals surface area contributed by atoms with Gasteiger partial charge in [-0.3, -0.25) is 9.59 Å². The fraction of sp³-hybridized carbons (Fsp3) is 0.440. The van der Waals surface area contributed by atoms with Gasteiger partial charge >= 0.3 is 0 Å². The topological polar surface area (TPSA) is 52.7 Å². The zero-order valence-corrected chi connectivity index (χ0v) is 17.9. The first-order valence-electron chi connectivity index (χ1n) is 11.0. The van der Waals surface area contributed by atoms with Gasteiger partial charge in [0.25, 0.3) is 0 Å². The number of anilines is 1. The number of hydrogen-bond acceptors (Lipinski definition) is 3. The summed E-state index contributed by atoms with van der Waals surface area (Å²) in [5, 5.41) is 3.08. The Hall–Kier alpha value is -2.82. The molecule has 158 valence electrons. The van der Waals surface area contributed by atoms with Crippen LogP contribution in [0.15, 0.2) is 60.7 Å². The Morgan fingerprint density at radius 1 is 0.967 bits per heavy atom. The van der Waals surface area contributed by atoms with Gasteiger partial charge in [-0.1, -0.05) is 62.4 Å². The summed E-state index contributed by atoms with van der Waals surface area (Å²) in [4.78, 5) is 31.2. The number of carbonyl (C=O) groups is 2. The van der Waals surface area contributed by atoms with Crippen molar-refractivity contribution in [2.24, 2.45) is 5.92 Å². The first kappa shape index (κ1) is 20.5. The molecule has 1 spiro atoms. The van der Waals surface area contributed by atoms with E-state index in [1.165, 1.54) is 5.69 Å². The largest absolute Gasteiger partial charge is 0.371 e. The molecule has 30 heavy (non-hydrogen) atoms. The fourth-order valence-electron chi connectivity index (χ4n) is 4.77. The molecule has 1 unspecified atom stereocenters. The van der Waals surface area contributed by atoms with Crippen molar-refractivity contribution in [1.82, 2.24) is 10.2 Å². The molecule has 0 saturated carbocycles. The summed E-state index contributed by atoms with van der Waals surface area (Å²) in [5.41, 5.74) is 1.46. The van der Waals surface area contributed by atoms with E-state index < -0.39 is 11.6 Å². The Bertz CT molecular complexity index is 874. The summed E-state index contributed by atoms with van der Waals surface area (Å²) in [6.07, 6.45) is 1.95. The molecular weight excluding hydrogens is 374 g/mol. The number of carbonyl (C=O) groups excluding carboxylic acids is 2. The predicted octanol–water partition coefficient (Wildman–Crippen LogP) is 3.60. The highest BCUT2D eigenvalue weighted by atomic mass is 16.2. The molecule has 0 bridgehead atoms. The predicted molar refractivity (Wildman–Crippen MR) is 119 cm³/mol. The Labute approximate surface area is 179 Å². The van der Waals surface area contributed by atoms with Crippen molar-refractivity contribution in [2.75, 3.05) is 18.0 Å². The smallest absolute Gasteiger partial charge is 0.246 e. The molecule has 4 rings (SSSR count). The number of amides is 2.